The molecule has 224 valence electrons. The maximum atomic E-state index is 11.3. The number of carboxylic acid groups (broad SMARTS) is 2. The molecular formula is C27H37N5O8S. The molecule has 14 heteroatoms. The van der Waals surface area contributed by atoms with Crippen molar-refractivity contribution in [2.45, 2.75) is 51.3 Å². The molecule has 0 saturated heterocycles. The zero-order chi connectivity index (χ0) is 30.6. The SMILES string of the molecule is CC(Oc1cccc(CCCn2ccc3cc(OS(C)(=O)=O)ccc32)c1)C(=O)[O-].NC(N)=[NH+]CCCC(N)C(=O)O. The van der Waals surface area contributed by atoms with Crippen molar-refractivity contribution in [3.05, 3.63) is 60.3 Å². The third kappa shape index (κ3) is 12.2. The summed E-state index contributed by atoms with van der Waals surface area (Å²) in [6, 6.07) is 13.7. The van der Waals surface area contributed by atoms with Gasteiger partial charge in [-0.15, -0.1) is 0 Å². The fourth-order valence-electron chi connectivity index (χ4n) is 3.76. The summed E-state index contributed by atoms with van der Waals surface area (Å²) in [5, 5.41) is 20.1. The third-order valence-electron chi connectivity index (χ3n) is 5.74. The monoisotopic (exact) mass is 591 g/mol. The highest BCUT2D eigenvalue weighted by Gasteiger charge is 2.10. The average Bonchev–Trinajstić information content (AvgIpc) is 3.28. The molecule has 0 aliphatic rings. The first-order valence-electron chi connectivity index (χ1n) is 12.8. The van der Waals surface area contributed by atoms with Gasteiger partial charge in [-0.25, -0.2) is 0 Å². The average molecular weight is 592 g/mol. The van der Waals surface area contributed by atoms with E-state index >= 15 is 0 Å². The number of aryl methyl sites for hydroxylation is 2. The Labute approximate surface area is 238 Å². The van der Waals surface area contributed by atoms with Gasteiger partial charge in [0.25, 0.3) is 0 Å². The number of guanidine groups is 1. The first kappa shape index (κ1) is 32.9. The first-order valence-corrected chi connectivity index (χ1v) is 14.6. The number of benzene rings is 2. The van der Waals surface area contributed by atoms with Gasteiger partial charge in [-0.1, -0.05) is 12.1 Å². The molecule has 0 amide bonds. The Kier molecular flexibility index (Phi) is 12.4. The van der Waals surface area contributed by atoms with Crippen LogP contribution < -0.4 is 36.2 Å². The Hall–Kier alpha value is -4.30. The Morgan fingerprint density at radius 1 is 1.10 bits per heavy atom. The van der Waals surface area contributed by atoms with E-state index in [1.165, 1.54) is 6.92 Å². The Balaban J connectivity index is 0.000000415. The van der Waals surface area contributed by atoms with Crippen molar-refractivity contribution in [1.29, 1.82) is 0 Å². The molecular weight excluding hydrogens is 554 g/mol. The van der Waals surface area contributed by atoms with Gasteiger partial charge in [-0.2, -0.15) is 8.42 Å². The minimum absolute atomic E-state index is 0.138. The fourth-order valence-corrected chi connectivity index (χ4v) is 4.21. The second-order valence-corrected chi connectivity index (χ2v) is 10.9. The normalized spacial score (nSPS) is 12.5. The van der Waals surface area contributed by atoms with Gasteiger partial charge >= 0.3 is 22.0 Å². The lowest BCUT2D eigenvalue weighted by Gasteiger charge is -2.16. The minimum atomic E-state index is -3.55. The smallest absolute Gasteiger partial charge is 0.338 e. The van der Waals surface area contributed by atoms with Crippen LogP contribution in [0, 0.1) is 0 Å². The zero-order valence-electron chi connectivity index (χ0n) is 23.0. The predicted molar refractivity (Wildman–Crippen MR) is 151 cm³/mol. The van der Waals surface area contributed by atoms with Crippen LogP contribution in [0.1, 0.15) is 31.7 Å². The van der Waals surface area contributed by atoms with Gasteiger partial charge in [0.2, 0.25) is 0 Å². The Morgan fingerprint density at radius 3 is 2.46 bits per heavy atom. The Morgan fingerprint density at radius 2 is 1.83 bits per heavy atom. The van der Waals surface area contributed by atoms with Crippen LogP contribution in [0.25, 0.3) is 10.9 Å². The summed E-state index contributed by atoms with van der Waals surface area (Å²) in [7, 11) is -3.55. The highest BCUT2D eigenvalue weighted by molar-refractivity contribution is 7.86. The molecule has 3 rings (SSSR count). The van der Waals surface area contributed by atoms with E-state index in [9.17, 15) is 23.1 Å². The number of ether oxygens (including phenoxy) is 1. The number of carbonyl (C=O) groups is 2. The van der Waals surface area contributed by atoms with Crippen molar-refractivity contribution >= 4 is 38.9 Å². The van der Waals surface area contributed by atoms with Crippen LogP contribution in [0.15, 0.2) is 54.7 Å². The largest absolute Gasteiger partial charge is 0.546 e. The van der Waals surface area contributed by atoms with Crippen molar-refractivity contribution in [2.24, 2.45) is 17.2 Å². The molecule has 41 heavy (non-hydrogen) atoms. The molecule has 0 saturated carbocycles. The Bertz CT molecular complexity index is 1450. The number of aromatic nitrogens is 1. The molecule has 2 atom stereocenters. The molecule has 0 spiro atoms. The highest BCUT2D eigenvalue weighted by atomic mass is 32.2. The number of nitrogens with zero attached hydrogens (tertiary/aromatic N) is 1. The van der Waals surface area contributed by atoms with E-state index in [-0.39, 0.29) is 5.96 Å². The van der Waals surface area contributed by atoms with Crippen LogP contribution in [0.5, 0.6) is 11.5 Å². The molecule has 3 aromatic rings. The van der Waals surface area contributed by atoms with Gasteiger partial charge < -0.3 is 34.2 Å². The van der Waals surface area contributed by atoms with Crippen LogP contribution in [-0.2, 0) is 32.7 Å². The van der Waals surface area contributed by atoms with E-state index in [0.717, 1.165) is 42.1 Å². The lowest BCUT2D eigenvalue weighted by atomic mass is 10.1. The van der Waals surface area contributed by atoms with Crippen LogP contribution in [0.2, 0.25) is 0 Å². The molecule has 0 fully saturated rings. The van der Waals surface area contributed by atoms with E-state index in [4.69, 9.17) is 31.2 Å². The number of nitrogens with two attached hydrogens (primary N) is 3. The quantitative estimate of drug-likeness (QED) is 0.0638. The van der Waals surface area contributed by atoms with Gasteiger partial charge in [-0.3, -0.25) is 21.3 Å². The predicted octanol–water partition coefficient (Wildman–Crippen LogP) is -1.34. The summed E-state index contributed by atoms with van der Waals surface area (Å²) < 4.78 is 34.9. The summed E-state index contributed by atoms with van der Waals surface area (Å²) in [6.07, 6.45) is 4.67. The van der Waals surface area contributed by atoms with Crippen LogP contribution in [0.3, 0.4) is 0 Å². The van der Waals surface area contributed by atoms with Gasteiger partial charge in [0.1, 0.15) is 23.6 Å². The number of nitrogens with one attached hydrogen (secondary N) is 1. The second-order valence-electron chi connectivity index (χ2n) is 9.32. The molecule has 0 aliphatic carbocycles. The number of carboxylic acids is 2. The maximum absolute atomic E-state index is 11.3. The van der Waals surface area contributed by atoms with Crippen molar-refractivity contribution in [2.75, 3.05) is 12.8 Å². The standard InChI is InChI=1S/C21H23NO6S.C6H14N4O2/c1-15(21(23)24)27-18-7-3-5-16(13-18)6-4-11-22-12-10-17-14-19(8-9-20(17)22)28-29(2,25)26;7-4(5(11)12)2-1-3-10-6(8)9/h3,5,7-10,12-15H,4,6,11H2,1-2H3,(H,23,24);4H,1-3,7H2,(H,11,12)(H4,8,9,10). The number of hydrogen-bond acceptors (Lipinski definition) is 8. The zero-order valence-corrected chi connectivity index (χ0v) is 23.8. The van der Waals surface area contributed by atoms with Crippen molar-refractivity contribution in [1.82, 2.24) is 4.57 Å². The van der Waals surface area contributed by atoms with Crippen molar-refractivity contribution in [3.8, 4) is 11.5 Å². The summed E-state index contributed by atoms with van der Waals surface area (Å²) in [5.41, 5.74) is 17.5. The third-order valence-corrected chi connectivity index (χ3v) is 6.23. The maximum Gasteiger partial charge on any atom is 0.338 e. The van der Waals surface area contributed by atoms with Crippen molar-refractivity contribution in [3.63, 3.8) is 0 Å². The van der Waals surface area contributed by atoms with Crippen molar-refractivity contribution < 1.29 is 42.1 Å². The van der Waals surface area contributed by atoms with Gasteiger partial charge in [-0.05, 0) is 74.6 Å². The van der Waals surface area contributed by atoms with E-state index in [1.54, 1.807) is 18.2 Å². The number of hydrogen-bond donors (Lipinski definition) is 5. The molecule has 0 radical (unpaired) electrons. The molecule has 1 aromatic heterocycles. The molecule has 2 aromatic carbocycles. The lowest BCUT2D eigenvalue weighted by molar-refractivity contribution is -0.459. The van der Waals surface area contributed by atoms with E-state index in [2.05, 4.69) is 9.56 Å². The molecule has 13 nitrogen and oxygen atoms in total. The van der Waals surface area contributed by atoms with E-state index < -0.39 is 34.2 Å². The number of fused-ring (bicyclic) bond motifs is 1. The molecule has 0 bridgehead atoms. The van der Waals surface area contributed by atoms with Gasteiger partial charge in [0.05, 0.1) is 18.8 Å². The molecule has 2 unspecified atom stereocenters. The number of rotatable bonds is 14. The summed E-state index contributed by atoms with van der Waals surface area (Å²) in [5.74, 6) is -1.30. The number of carbonyl (C=O) groups excluding carboxylic acids is 1. The summed E-state index contributed by atoms with van der Waals surface area (Å²) >= 11 is 0. The second kappa shape index (κ2) is 15.5. The topological polar surface area (TPSA) is 227 Å². The summed E-state index contributed by atoms with van der Waals surface area (Å²) in [6.45, 7) is 2.76. The highest BCUT2D eigenvalue weighted by Crippen LogP contribution is 2.24. The van der Waals surface area contributed by atoms with Crippen LogP contribution in [-0.4, -0.2) is 60.9 Å². The molecule has 0 aliphatic heterocycles. The molecule has 8 N–H and O–H groups in total. The first-order chi connectivity index (χ1) is 19.2. The lowest BCUT2D eigenvalue weighted by Crippen LogP contribution is -2.78. The molecule has 1 heterocycles. The number of aliphatic carboxylic acids is 2. The summed E-state index contributed by atoms with van der Waals surface area (Å²) in [4.78, 5) is 23.7. The van der Waals surface area contributed by atoms with Gasteiger partial charge in [0, 0.05) is 23.6 Å². The van der Waals surface area contributed by atoms with E-state index in [0.29, 0.717) is 30.9 Å². The fraction of sp³-hybridized carbons (Fsp3) is 0.370. The van der Waals surface area contributed by atoms with Crippen LogP contribution in [0.4, 0.5) is 0 Å². The minimum Gasteiger partial charge on any atom is -0.546 e. The van der Waals surface area contributed by atoms with Crippen LogP contribution >= 0.6 is 0 Å². The van der Waals surface area contributed by atoms with Gasteiger partial charge in [0.15, 0.2) is 0 Å². The van der Waals surface area contributed by atoms with E-state index in [1.807, 2.05) is 36.5 Å².